The van der Waals surface area contributed by atoms with Gasteiger partial charge in [-0.25, -0.2) is 4.98 Å². The lowest BCUT2D eigenvalue weighted by atomic mass is 10.1. The van der Waals surface area contributed by atoms with Gasteiger partial charge in [-0.15, -0.1) is 0 Å². The Hall–Kier alpha value is -2.89. The molecule has 31 heavy (non-hydrogen) atoms. The van der Waals surface area contributed by atoms with E-state index < -0.39 is 0 Å². The number of rotatable bonds is 6. The Morgan fingerprint density at radius 3 is 2.42 bits per heavy atom. The van der Waals surface area contributed by atoms with Crippen molar-refractivity contribution in [3.8, 4) is 0 Å². The molecule has 1 aromatic heterocycles. The van der Waals surface area contributed by atoms with Crippen LogP contribution in [0.3, 0.4) is 0 Å². The van der Waals surface area contributed by atoms with Crippen LogP contribution in [0.25, 0.3) is 0 Å². The first-order valence-corrected chi connectivity index (χ1v) is 11.4. The van der Waals surface area contributed by atoms with Crippen LogP contribution < -0.4 is 16.4 Å². The third-order valence-corrected chi connectivity index (χ3v) is 6.76. The van der Waals surface area contributed by atoms with Gasteiger partial charge in [0.05, 0.1) is 11.4 Å². The molecule has 4 rings (SSSR count). The number of aryl methyl sites for hydroxylation is 1. The molecule has 6 nitrogen and oxygen atoms in total. The molecule has 166 valence electrons. The third kappa shape index (κ3) is 4.58. The molecule has 4 N–H and O–H groups in total. The van der Waals surface area contributed by atoms with E-state index in [0.29, 0.717) is 17.6 Å². The SMILES string of the molecule is C=C(/C(N)=C/C=C(\N)N1C(=C)CCC1C)N1CCN(c2ncc(C3CC3)cc2C)CC1. The predicted octanol–water partition coefficient (Wildman–Crippen LogP) is 3.54. The summed E-state index contributed by atoms with van der Waals surface area (Å²) in [6, 6.07) is 2.70. The van der Waals surface area contributed by atoms with E-state index in [0.717, 1.165) is 62.2 Å². The molecule has 3 aliphatic rings. The second-order valence-electron chi connectivity index (χ2n) is 9.14. The zero-order valence-corrected chi connectivity index (χ0v) is 19.0. The molecular weight excluding hydrogens is 384 g/mol. The quantitative estimate of drug-likeness (QED) is 0.686. The van der Waals surface area contributed by atoms with Crippen molar-refractivity contribution in [3.63, 3.8) is 0 Å². The van der Waals surface area contributed by atoms with Crippen molar-refractivity contribution in [3.05, 3.63) is 71.6 Å². The zero-order chi connectivity index (χ0) is 22.1. The van der Waals surface area contributed by atoms with Crippen molar-refractivity contribution in [2.45, 2.75) is 51.5 Å². The normalized spacial score (nSPS) is 23.0. The largest absolute Gasteiger partial charge is 0.397 e. The van der Waals surface area contributed by atoms with Gasteiger partial charge in [-0.2, -0.15) is 0 Å². The van der Waals surface area contributed by atoms with E-state index in [1.807, 2.05) is 12.2 Å². The molecule has 1 unspecified atom stereocenters. The number of nitrogens with two attached hydrogens (primary N) is 2. The lowest BCUT2D eigenvalue weighted by Crippen LogP contribution is -2.46. The molecule has 2 saturated heterocycles. The Kier molecular flexibility index (Phi) is 5.99. The summed E-state index contributed by atoms with van der Waals surface area (Å²) in [5.41, 5.74) is 17.9. The third-order valence-electron chi connectivity index (χ3n) is 6.76. The molecule has 1 saturated carbocycles. The van der Waals surface area contributed by atoms with Gasteiger partial charge in [0.2, 0.25) is 0 Å². The number of hydrogen-bond acceptors (Lipinski definition) is 6. The first-order chi connectivity index (χ1) is 14.8. The number of likely N-dealkylation sites (tertiary alicyclic amines) is 1. The smallest absolute Gasteiger partial charge is 0.131 e. The fraction of sp³-hybridized carbons (Fsp3) is 0.480. The highest BCUT2D eigenvalue weighted by molar-refractivity contribution is 5.49. The highest BCUT2D eigenvalue weighted by Gasteiger charge is 2.26. The van der Waals surface area contributed by atoms with Crippen LogP contribution in [0.1, 0.15) is 49.7 Å². The minimum absolute atomic E-state index is 0.380. The number of anilines is 1. The van der Waals surface area contributed by atoms with Crippen LogP contribution in [-0.4, -0.2) is 47.0 Å². The van der Waals surface area contributed by atoms with E-state index in [-0.39, 0.29) is 0 Å². The highest BCUT2D eigenvalue weighted by atomic mass is 15.3. The number of hydrogen-bond donors (Lipinski definition) is 2. The Morgan fingerprint density at radius 1 is 1.13 bits per heavy atom. The molecule has 1 aromatic rings. The molecule has 0 amide bonds. The lowest BCUT2D eigenvalue weighted by Gasteiger charge is -2.38. The summed E-state index contributed by atoms with van der Waals surface area (Å²) in [7, 11) is 0. The highest BCUT2D eigenvalue weighted by Crippen LogP contribution is 2.40. The number of piperazine rings is 1. The molecule has 2 aliphatic heterocycles. The van der Waals surface area contributed by atoms with E-state index >= 15 is 0 Å². The summed E-state index contributed by atoms with van der Waals surface area (Å²) in [6.45, 7) is 16.3. The van der Waals surface area contributed by atoms with Gasteiger partial charge in [-0.1, -0.05) is 19.2 Å². The van der Waals surface area contributed by atoms with Crippen molar-refractivity contribution in [1.29, 1.82) is 0 Å². The van der Waals surface area contributed by atoms with Crippen LogP contribution in [0.4, 0.5) is 5.82 Å². The van der Waals surface area contributed by atoms with Gasteiger partial charge in [-0.05, 0) is 68.7 Å². The van der Waals surface area contributed by atoms with E-state index in [9.17, 15) is 0 Å². The van der Waals surface area contributed by atoms with Gasteiger partial charge in [0.15, 0.2) is 0 Å². The molecule has 3 fully saturated rings. The Bertz CT molecular complexity index is 918. The van der Waals surface area contributed by atoms with Crippen LogP contribution in [0.5, 0.6) is 0 Å². The van der Waals surface area contributed by atoms with Crippen LogP contribution >= 0.6 is 0 Å². The summed E-state index contributed by atoms with van der Waals surface area (Å²) in [5.74, 6) is 2.53. The number of pyridine rings is 1. The van der Waals surface area contributed by atoms with Crippen molar-refractivity contribution in [2.75, 3.05) is 31.1 Å². The first-order valence-electron chi connectivity index (χ1n) is 11.4. The number of nitrogens with zero attached hydrogens (tertiary/aromatic N) is 4. The molecule has 0 radical (unpaired) electrons. The zero-order valence-electron chi connectivity index (χ0n) is 19.0. The monoisotopic (exact) mass is 420 g/mol. The van der Waals surface area contributed by atoms with Crippen molar-refractivity contribution in [2.24, 2.45) is 11.5 Å². The van der Waals surface area contributed by atoms with Crippen LogP contribution in [0.15, 0.2) is 60.5 Å². The Balaban J connectivity index is 1.35. The molecule has 0 bridgehead atoms. The molecular formula is C25H36N6. The first kappa shape index (κ1) is 21.3. The second kappa shape index (κ2) is 8.69. The van der Waals surface area contributed by atoms with Crippen molar-refractivity contribution >= 4 is 5.82 Å². The molecule has 1 aliphatic carbocycles. The van der Waals surface area contributed by atoms with Gasteiger partial charge >= 0.3 is 0 Å². The van der Waals surface area contributed by atoms with E-state index in [2.05, 4.69) is 54.0 Å². The fourth-order valence-corrected chi connectivity index (χ4v) is 4.66. The topological polar surface area (TPSA) is 74.7 Å². The second-order valence-corrected chi connectivity index (χ2v) is 9.14. The van der Waals surface area contributed by atoms with Gasteiger partial charge in [0, 0.05) is 44.1 Å². The standard InChI is InChI=1S/C25H36N6/c1-17-15-22(21-7-8-21)16-28-25(17)30-13-11-29(12-14-30)20(4)23(26)9-10-24(27)31-18(2)5-6-19(31)3/h9-10,15-16,19,21H,2,4-8,11-14,26-27H2,1,3H3/b23-9-,24-10+. The number of aromatic nitrogens is 1. The molecule has 0 aromatic carbocycles. The fourth-order valence-electron chi connectivity index (χ4n) is 4.66. The minimum Gasteiger partial charge on any atom is -0.397 e. The van der Waals surface area contributed by atoms with Gasteiger partial charge in [-0.3, -0.25) is 0 Å². The Morgan fingerprint density at radius 2 is 1.84 bits per heavy atom. The van der Waals surface area contributed by atoms with Gasteiger partial charge < -0.3 is 26.2 Å². The Labute approximate surface area is 186 Å². The summed E-state index contributed by atoms with van der Waals surface area (Å²) in [4.78, 5) is 11.5. The summed E-state index contributed by atoms with van der Waals surface area (Å²) >= 11 is 0. The van der Waals surface area contributed by atoms with Crippen LogP contribution in [0, 0.1) is 6.92 Å². The average molecular weight is 421 g/mol. The summed E-state index contributed by atoms with van der Waals surface area (Å²) < 4.78 is 0. The van der Waals surface area contributed by atoms with E-state index in [1.54, 1.807) is 0 Å². The van der Waals surface area contributed by atoms with Crippen molar-refractivity contribution < 1.29 is 0 Å². The maximum Gasteiger partial charge on any atom is 0.131 e. The minimum atomic E-state index is 0.380. The maximum atomic E-state index is 6.34. The van der Waals surface area contributed by atoms with Gasteiger partial charge in [0.25, 0.3) is 0 Å². The van der Waals surface area contributed by atoms with Gasteiger partial charge in [0.1, 0.15) is 11.6 Å². The average Bonchev–Trinajstić information content (AvgIpc) is 3.56. The predicted molar refractivity (Wildman–Crippen MR) is 128 cm³/mol. The maximum absolute atomic E-state index is 6.34. The van der Waals surface area contributed by atoms with E-state index in [1.165, 1.54) is 24.0 Å². The molecule has 1 atom stereocenters. The molecule has 6 heteroatoms. The van der Waals surface area contributed by atoms with E-state index in [4.69, 9.17) is 16.5 Å². The molecule has 0 spiro atoms. The number of allylic oxidation sites excluding steroid dienone is 3. The molecule has 3 heterocycles. The lowest BCUT2D eigenvalue weighted by molar-refractivity contribution is 0.326. The summed E-state index contributed by atoms with van der Waals surface area (Å²) in [6.07, 6.45) is 10.5. The van der Waals surface area contributed by atoms with Crippen molar-refractivity contribution in [1.82, 2.24) is 14.8 Å². The van der Waals surface area contributed by atoms with Crippen LogP contribution in [-0.2, 0) is 0 Å². The van der Waals surface area contributed by atoms with Crippen LogP contribution in [0.2, 0.25) is 0 Å². The summed E-state index contributed by atoms with van der Waals surface area (Å²) in [5, 5.41) is 0.